The van der Waals surface area contributed by atoms with Gasteiger partial charge in [0, 0.05) is 15.1 Å². The quantitative estimate of drug-likeness (QED) is 0.183. The fraction of sp³-hybridized carbons (Fsp3) is 0.235. The number of fused-ring (bicyclic) bond motifs is 1. The van der Waals surface area contributed by atoms with E-state index in [1.54, 1.807) is 69.5 Å². The molecular formula is C34H29BrClN3O6S. The number of nitriles is 1. The maximum absolute atomic E-state index is 14.3. The number of allylic oxidation sites excluding steroid dienone is 1. The minimum absolute atomic E-state index is 0.154. The Labute approximate surface area is 282 Å². The molecule has 46 heavy (non-hydrogen) atoms. The lowest BCUT2D eigenvalue weighted by molar-refractivity contribution is -0.139. The third-order valence-electron chi connectivity index (χ3n) is 7.13. The average Bonchev–Trinajstić information content (AvgIpc) is 3.34. The Morgan fingerprint density at radius 1 is 1.09 bits per heavy atom. The van der Waals surface area contributed by atoms with Crippen molar-refractivity contribution in [1.29, 1.82) is 5.26 Å². The summed E-state index contributed by atoms with van der Waals surface area (Å²) in [5.41, 5.74) is 2.94. The molecule has 0 saturated heterocycles. The molecule has 2 heterocycles. The summed E-state index contributed by atoms with van der Waals surface area (Å²) in [5.74, 6) is 0.903. The zero-order valence-corrected chi connectivity index (χ0v) is 28.6. The number of halogens is 2. The Kier molecular flexibility index (Phi) is 10.3. The van der Waals surface area contributed by atoms with Gasteiger partial charge in [-0.3, -0.25) is 9.36 Å². The van der Waals surface area contributed by atoms with Gasteiger partial charge in [0.1, 0.15) is 12.4 Å². The Balaban J connectivity index is 1.65. The highest BCUT2D eigenvalue weighted by molar-refractivity contribution is 9.10. The molecule has 0 saturated carbocycles. The number of thiazole rings is 1. The van der Waals surface area contributed by atoms with Gasteiger partial charge in [0.2, 0.25) is 0 Å². The van der Waals surface area contributed by atoms with Crippen molar-refractivity contribution in [2.45, 2.75) is 33.4 Å². The number of aromatic nitrogens is 1. The Hall–Kier alpha value is -4.37. The number of carbonyl (C=O) groups excluding carboxylic acids is 1. The van der Waals surface area contributed by atoms with Crippen LogP contribution in [-0.4, -0.2) is 30.9 Å². The third-order valence-corrected chi connectivity index (χ3v) is 9.04. The van der Waals surface area contributed by atoms with Gasteiger partial charge in [0.05, 0.1) is 53.8 Å². The van der Waals surface area contributed by atoms with Crippen LogP contribution in [0.4, 0.5) is 0 Å². The van der Waals surface area contributed by atoms with E-state index in [1.807, 2.05) is 19.1 Å². The number of benzene rings is 3. The molecular weight excluding hydrogens is 694 g/mol. The zero-order chi connectivity index (χ0) is 33.0. The molecule has 0 radical (unpaired) electrons. The van der Waals surface area contributed by atoms with E-state index < -0.39 is 12.0 Å². The first kappa shape index (κ1) is 33.0. The molecule has 4 aromatic rings. The fourth-order valence-electron chi connectivity index (χ4n) is 5.02. The highest BCUT2D eigenvalue weighted by atomic mass is 79.9. The molecule has 5 rings (SSSR count). The average molecular weight is 723 g/mol. The number of methoxy groups -OCH3 is 1. The van der Waals surface area contributed by atoms with E-state index in [4.69, 9.17) is 35.8 Å². The third kappa shape index (κ3) is 6.75. The van der Waals surface area contributed by atoms with E-state index in [0.717, 1.165) is 5.56 Å². The first-order valence-electron chi connectivity index (χ1n) is 14.3. The standard InChI is InChI=1S/C34H29BrClN3O6S/c1-5-43-28-15-24(25(35)16-27(28)42-4)31-30(33(41)44-6-2)19(3)38-34-39(31)32(40)29(46-34)14-22-13-23(36)11-12-26(22)45-18-21-9-7-20(17-37)8-10-21/h7-16,31H,5-6,18H2,1-4H3/b29-14+/t31-/m1/s1. The van der Waals surface area contributed by atoms with Crippen LogP contribution in [0.5, 0.6) is 17.2 Å². The van der Waals surface area contributed by atoms with Crippen molar-refractivity contribution in [3.63, 3.8) is 0 Å². The molecule has 1 aliphatic heterocycles. The minimum atomic E-state index is -0.872. The van der Waals surface area contributed by atoms with E-state index in [1.165, 1.54) is 15.9 Å². The Morgan fingerprint density at radius 2 is 1.85 bits per heavy atom. The van der Waals surface area contributed by atoms with E-state index in [2.05, 4.69) is 27.0 Å². The normalized spacial score (nSPS) is 14.3. The Bertz CT molecular complexity index is 2060. The molecule has 12 heteroatoms. The lowest BCUT2D eigenvalue weighted by atomic mass is 9.95. The monoisotopic (exact) mass is 721 g/mol. The van der Waals surface area contributed by atoms with Crippen LogP contribution < -0.4 is 29.1 Å². The van der Waals surface area contributed by atoms with E-state index in [9.17, 15) is 9.59 Å². The SMILES string of the molecule is CCOC(=O)C1=C(C)N=c2s/c(=C/c3cc(Cl)ccc3OCc3ccc(C#N)cc3)c(=O)n2[C@@H]1c1cc(OCC)c(OC)cc1Br. The summed E-state index contributed by atoms with van der Waals surface area (Å²) in [6.07, 6.45) is 1.71. The van der Waals surface area contributed by atoms with E-state index in [0.29, 0.717) is 65.1 Å². The number of hydrogen-bond acceptors (Lipinski definition) is 9. The van der Waals surface area contributed by atoms with Gasteiger partial charge in [-0.1, -0.05) is 51.0 Å². The molecule has 0 bridgehead atoms. The van der Waals surface area contributed by atoms with Gasteiger partial charge in [0.25, 0.3) is 5.56 Å². The van der Waals surface area contributed by atoms with Crippen LogP contribution in [-0.2, 0) is 16.1 Å². The van der Waals surface area contributed by atoms with Gasteiger partial charge in [-0.15, -0.1) is 0 Å². The highest BCUT2D eigenvalue weighted by Gasteiger charge is 2.35. The van der Waals surface area contributed by atoms with Crippen LogP contribution in [0, 0.1) is 11.3 Å². The largest absolute Gasteiger partial charge is 0.493 e. The Morgan fingerprint density at radius 3 is 2.52 bits per heavy atom. The van der Waals surface area contributed by atoms with Crippen LogP contribution >= 0.6 is 38.9 Å². The number of rotatable bonds is 10. The topological polar surface area (TPSA) is 112 Å². The molecule has 0 unspecified atom stereocenters. The summed E-state index contributed by atoms with van der Waals surface area (Å²) in [6.45, 7) is 6.08. The summed E-state index contributed by atoms with van der Waals surface area (Å²) in [5, 5.41) is 9.55. The second-order valence-corrected chi connectivity index (χ2v) is 12.3. The van der Waals surface area contributed by atoms with Crippen molar-refractivity contribution in [3.05, 3.63) is 117 Å². The van der Waals surface area contributed by atoms with Crippen LogP contribution in [0.2, 0.25) is 5.02 Å². The summed E-state index contributed by atoms with van der Waals surface area (Å²) in [4.78, 5) is 32.7. The van der Waals surface area contributed by atoms with Gasteiger partial charge in [-0.25, -0.2) is 9.79 Å². The van der Waals surface area contributed by atoms with Gasteiger partial charge < -0.3 is 18.9 Å². The van der Waals surface area contributed by atoms with Gasteiger partial charge in [-0.2, -0.15) is 5.26 Å². The molecule has 1 aromatic heterocycles. The van der Waals surface area contributed by atoms with Gasteiger partial charge in [0.15, 0.2) is 16.3 Å². The molecule has 1 atom stereocenters. The molecule has 0 N–H and O–H groups in total. The van der Waals surface area contributed by atoms with Crippen LogP contribution in [0.15, 0.2) is 80.1 Å². The molecule has 0 aliphatic carbocycles. The molecule has 1 aliphatic rings. The number of esters is 1. The van der Waals surface area contributed by atoms with Gasteiger partial charge >= 0.3 is 5.97 Å². The smallest absolute Gasteiger partial charge is 0.338 e. The molecule has 0 amide bonds. The summed E-state index contributed by atoms with van der Waals surface area (Å²) in [7, 11) is 1.54. The van der Waals surface area contributed by atoms with Gasteiger partial charge in [-0.05, 0) is 80.4 Å². The first-order valence-corrected chi connectivity index (χ1v) is 16.3. The first-order chi connectivity index (χ1) is 22.2. The number of carbonyl (C=O) groups is 1. The van der Waals surface area contributed by atoms with Crippen molar-refractivity contribution in [2.75, 3.05) is 20.3 Å². The van der Waals surface area contributed by atoms with Crippen LogP contribution in [0.1, 0.15) is 49.1 Å². The molecule has 0 spiro atoms. The number of ether oxygens (including phenoxy) is 4. The summed E-state index contributed by atoms with van der Waals surface area (Å²) >= 11 is 11.2. The molecule has 9 nitrogen and oxygen atoms in total. The van der Waals surface area contributed by atoms with Crippen molar-refractivity contribution in [1.82, 2.24) is 4.57 Å². The second-order valence-electron chi connectivity index (χ2n) is 10.0. The van der Waals surface area contributed by atoms with E-state index >= 15 is 0 Å². The zero-order valence-electron chi connectivity index (χ0n) is 25.4. The predicted octanol–water partition coefficient (Wildman–Crippen LogP) is 6.07. The maximum Gasteiger partial charge on any atom is 0.338 e. The van der Waals surface area contributed by atoms with Crippen molar-refractivity contribution < 1.29 is 23.7 Å². The lowest BCUT2D eigenvalue weighted by Gasteiger charge is -2.26. The van der Waals surface area contributed by atoms with Crippen molar-refractivity contribution >= 4 is 50.9 Å². The van der Waals surface area contributed by atoms with Crippen LogP contribution in [0.3, 0.4) is 0 Å². The minimum Gasteiger partial charge on any atom is -0.493 e. The summed E-state index contributed by atoms with van der Waals surface area (Å²) < 4.78 is 25.4. The number of nitrogens with zero attached hydrogens (tertiary/aromatic N) is 3. The second kappa shape index (κ2) is 14.4. The van der Waals surface area contributed by atoms with Crippen LogP contribution in [0.25, 0.3) is 6.08 Å². The molecule has 3 aromatic carbocycles. The summed E-state index contributed by atoms with van der Waals surface area (Å²) in [6, 6.07) is 17.0. The number of hydrogen-bond donors (Lipinski definition) is 0. The lowest BCUT2D eigenvalue weighted by Crippen LogP contribution is -2.40. The maximum atomic E-state index is 14.3. The van der Waals surface area contributed by atoms with Crippen molar-refractivity contribution in [2.24, 2.45) is 4.99 Å². The van der Waals surface area contributed by atoms with E-state index in [-0.39, 0.29) is 24.3 Å². The predicted molar refractivity (Wildman–Crippen MR) is 179 cm³/mol. The highest BCUT2D eigenvalue weighted by Crippen LogP contribution is 2.41. The fourth-order valence-corrected chi connectivity index (χ4v) is 6.77. The molecule has 236 valence electrons. The van der Waals surface area contributed by atoms with Crippen molar-refractivity contribution in [3.8, 4) is 23.3 Å². The molecule has 0 fully saturated rings.